The third kappa shape index (κ3) is 2.07. The van der Waals surface area contributed by atoms with Gasteiger partial charge >= 0.3 is 0 Å². The van der Waals surface area contributed by atoms with Gasteiger partial charge < -0.3 is 0 Å². The Kier molecular flexibility index (Phi) is 3.16. The van der Waals surface area contributed by atoms with Gasteiger partial charge in [-0.2, -0.15) is 0 Å². The van der Waals surface area contributed by atoms with E-state index in [1.165, 1.54) is 0 Å². The number of benzene rings is 1. The van der Waals surface area contributed by atoms with Crippen molar-refractivity contribution in [2.45, 2.75) is 0 Å². The second-order valence-electron chi connectivity index (χ2n) is 1.91. The predicted octanol–water partition coefficient (Wildman–Crippen LogP) is 3.41. The van der Waals surface area contributed by atoms with E-state index in [1.54, 1.807) is 12.1 Å². The lowest BCUT2D eigenvalue weighted by Crippen LogP contribution is -1.84. The lowest BCUT2D eigenvalue weighted by Gasteiger charge is -1.98. The fraction of sp³-hybridized carbons (Fsp3) is 0. The van der Waals surface area contributed by atoms with E-state index in [0.717, 1.165) is 3.57 Å². The lowest BCUT2D eigenvalue weighted by atomic mass is 10.2. The Morgan fingerprint density at radius 1 is 1.27 bits per heavy atom. The molecule has 0 radical (unpaired) electrons. The van der Waals surface area contributed by atoms with Crippen LogP contribution < -0.4 is 0 Å². The van der Waals surface area contributed by atoms with Crippen LogP contribution in [0.15, 0.2) is 12.1 Å². The Morgan fingerprint density at radius 2 is 1.91 bits per heavy atom. The van der Waals surface area contributed by atoms with Gasteiger partial charge in [-0.1, -0.05) is 23.2 Å². The highest BCUT2D eigenvalue weighted by Gasteiger charge is 2.03. The standard InChI is InChI=1S/C7H3Cl2IO/c8-5-2-6(9)7(10)1-4(5)3-11/h1-3H. The van der Waals surface area contributed by atoms with Gasteiger partial charge in [-0.25, -0.2) is 0 Å². The number of aldehydes is 1. The highest BCUT2D eigenvalue weighted by molar-refractivity contribution is 14.1. The van der Waals surface area contributed by atoms with E-state index in [0.29, 0.717) is 21.9 Å². The Bertz CT molecular complexity index is 299. The second kappa shape index (κ2) is 3.74. The van der Waals surface area contributed by atoms with Gasteiger partial charge in [0.25, 0.3) is 0 Å². The molecular weight excluding hydrogens is 298 g/mol. The van der Waals surface area contributed by atoms with Crippen LogP contribution in [0.5, 0.6) is 0 Å². The van der Waals surface area contributed by atoms with Gasteiger partial charge in [-0.15, -0.1) is 0 Å². The quantitative estimate of drug-likeness (QED) is 0.441. The molecular formula is C7H3Cl2IO. The zero-order chi connectivity index (χ0) is 8.43. The van der Waals surface area contributed by atoms with Crippen molar-refractivity contribution in [3.05, 3.63) is 31.3 Å². The molecule has 0 N–H and O–H groups in total. The average molecular weight is 301 g/mol. The topological polar surface area (TPSA) is 17.1 Å². The maximum absolute atomic E-state index is 10.4. The number of halogens is 3. The zero-order valence-electron chi connectivity index (χ0n) is 5.27. The SMILES string of the molecule is O=Cc1cc(I)c(Cl)cc1Cl. The molecule has 1 aromatic carbocycles. The molecule has 0 spiro atoms. The van der Waals surface area contributed by atoms with Crippen molar-refractivity contribution < 1.29 is 4.79 Å². The van der Waals surface area contributed by atoms with Gasteiger partial charge in [-0.3, -0.25) is 4.79 Å². The van der Waals surface area contributed by atoms with Crippen molar-refractivity contribution in [3.8, 4) is 0 Å². The molecule has 0 aliphatic carbocycles. The number of rotatable bonds is 1. The molecule has 1 nitrogen and oxygen atoms in total. The molecule has 0 aliphatic heterocycles. The van der Waals surface area contributed by atoms with Crippen molar-refractivity contribution in [1.82, 2.24) is 0 Å². The summed E-state index contributed by atoms with van der Waals surface area (Å²) in [5.74, 6) is 0. The molecule has 0 bridgehead atoms. The van der Waals surface area contributed by atoms with Crippen LogP contribution in [-0.4, -0.2) is 6.29 Å². The summed E-state index contributed by atoms with van der Waals surface area (Å²) >= 11 is 13.5. The summed E-state index contributed by atoms with van der Waals surface area (Å²) < 4.78 is 0.829. The van der Waals surface area contributed by atoms with E-state index in [2.05, 4.69) is 0 Å². The molecule has 0 atom stereocenters. The average Bonchev–Trinajstić information content (AvgIpc) is 1.97. The summed E-state index contributed by atoms with van der Waals surface area (Å²) in [5, 5.41) is 0.964. The minimum atomic E-state index is 0.394. The summed E-state index contributed by atoms with van der Waals surface area (Å²) in [7, 11) is 0. The molecule has 0 aliphatic rings. The smallest absolute Gasteiger partial charge is 0.151 e. The molecule has 4 heteroatoms. The summed E-state index contributed by atoms with van der Waals surface area (Å²) in [6, 6.07) is 3.22. The van der Waals surface area contributed by atoms with E-state index >= 15 is 0 Å². The molecule has 11 heavy (non-hydrogen) atoms. The Morgan fingerprint density at radius 3 is 2.45 bits per heavy atom. The third-order valence-electron chi connectivity index (χ3n) is 1.17. The van der Waals surface area contributed by atoms with E-state index < -0.39 is 0 Å². The van der Waals surface area contributed by atoms with Crippen LogP contribution in [0.2, 0.25) is 10.0 Å². The van der Waals surface area contributed by atoms with Gasteiger partial charge in [0, 0.05) is 9.13 Å². The molecule has 0 amide bonds. The van der Waals surface area contributed by atoms with Crippen molar-refractivity contribution in [3.63, 3.8) is 0 Å². The molecule has 58 valence electrons. The van der Waals surface area contributed by atoms with Crippen molar-refractivity contribution in [2.75, 3.05) is 0 Å². The summed E-state index contributed by atoms with van der Waals surface area (Å²) in [4.78, 5) is 10.4. The van der Waals surface area contributed by atoms with Crippen LogP contribution in [-0.2, 0) is 0 Å². The van der Waals surface area contributed by atoms with Crippen molar-refractivity contribution >= 4 is 52.1 Å². The first-order chi connectivity index (χ1) is 5.15. The third-order valence-corrected chi connectivity index (χ3v) is 3.02. The minimum Gasteiger partial charge on any atom is -0.298 e. The first-order valence-electron chi connectivity index (χ1n) is 2.75. The van der Waals surface area contributed by atoms with Gasteiger partial charge in [0.15, 0.2) is 6.29 Å². The monoisotopic (exact) mass is 300 g/mol. The largest absolute Gasteiger partial charge is 0.298 e. The highest BCUT2D eigenvalue weighted by Crippen LogP contribution is 2.25. The maximum Gasteiger partial charge on any atom is 0.151 e. The molecule has 0 fully saturated rings. The van der Waals surface area contributed by atoms with Gasteiger partial charge in [0.2, 0.25) is 0 Å². The van der Waals surface area contributed by atoms with Crippen LogP contribution in [0.25, 0.3) is 0 Å². The highest BCUT2D eigenvalue weighted by atomic mass is 127. The van der Waals surface area contributed by atoms with Crippen LogP contribution in [0.4, 0.5) is 0 Å². The molecule has 1 rings (SSSR count). The summed E-state index contributed by atoms with van der Waals surface area (Å²) in [6.45, 7) is 0. The zero-order valence-corrected chi connectivity index (χ0v) is 8.94. The van der Waals surface area contributed by atoms with Crippen LogP contribution >= 0.6 is 45.8 Å². The van der Waals surface area contributed by atoms with Crippen LogP contribution in [0.1, 0.15) is 10.4 Å². The Labute approximate surface area is 87.8 Å². The minimum absolute atomic E-state index is 0.394. The fourth-order valence-corrected chi connectivity index (χ4v) is 1.55. The molecule has 0 saturated heterocycles. The normalized spacial score (nSPS) is 9.73. The summed E-state index contributed by atoms with van der Waals surface area (Å²) in [5.41, 5.74) is 0.473. The van der Waals surface area contributed by atoms with E-state index in [9.17, 15) is 4.79 Å². The lowest BCUT2D eigenvalue weighted by molar-refractivity contribution is 0.112. The first kappa shape index (κ1) is 9.29. The van der Waals surface area contributed by atoms with E-state index in [1.807, 2.05) is 22.6 Å². The molecule has 1 aromatic rings. The van der Waals surface area contributed by atoms with Gasteiger partial charge in [-0.05, 0) is 34.7 Å². The number of hydrogen-bond donors (Lipinski definition) is 0. The van der Waals surface area contributed by atoms with Crippen LogP contribution in [0.3, 0.4) is 0 Å². The van der Waals surface area contributed by atoms with E-state index in [-0.39, 0.29) is 0 Å². The van der Waals surface area contributed by atoms with Crippen LogP contribution in [0, 0.1) is 3.57 Å². The Balaban J connectivity index is 3.31. The molecule has 0 heterocycles. The molecule has 0 saturated carbocycles. The van der Waals surface area contributed by atoms with E-state index in [4.69, 9.17) is 23.2 Å². The van der Waals surface area contributed by atoms with Crippen molar-refractivity contribution in [2.24, 2.45) is 0 Å². The van der Waals surface area contributed by atoms with Crippen molar-refractivity contribution in [1.29, 1.82) is 0 Å². The number of hydrogen-bond acceptors (Lipinski definition) is 1. The maximum atomic E-state index is 10.4. The number of carbonyl (C=O) groups is 1. The van der Waals surface area contributed by atoms with Gasteiger partial charge in [0.1, 0.15) is 0 Å². The molecule has 0 aromatic heterocycles. The molecule has 0 unspecified atom stereocenters. The second-order valence-corrected chi connectivity index (χ2v) is 3.88. The van der Waals surface area contributed by atoms with Gasteiger partial charge in [0.05, 0.1) is 10.0 Å². The summed E-state index contributed by atoms with van der Waals surface area (Å²) in [6.07, 6.45) is 0.709. The first-order valence-corrected chi connectivity index (χ1v) is 4.58. The Hall–Kier alpha value is 0.200. The predicted molar refractivity (Wildman–Crippen MR) is 54.6 cm³/mol. The fourth-order valence-electron chi connectivity index (χ4n) is 0.628. The number of carbonyl (C=O) groups excluding carboxylic acids is 1.